The van der Waals surface area contributed by atoms with Gasteiger partial charge in [0.15, 0.2) is 5.16 Å². The Labute approximate surface area is 201 Å². The van der Waals surface area contributed by atoms with E-state index in [0.29, 0.717) is 27.2 Å². The molecule has 174 valence electrons. The van der Waals surface area contributed by atoms with E-state index >= 15 is 0 Å². The zero-order valence-electron chi connectivity index (χ0n) is 19.0. The number of nitrogens with zero attached hydrogens (tertiary/aromatic N) is 3. The average Bonchev–Trinajstić information content (AvgIpc) is 3.16. The Morgan fingerprint density at radius 2 is 1.91 bits per heavy atom. The van der Waals surface area contributed by atoms with E-state index in [1.165, 1.54) is 27.3 Å². The van der Waals surface area contributed by atoms with Gasteiger partial charge in [0.25, 0.3) is 5.56 Å². The molecule has 1 amide bonds. The first-order chi connectivity index (χ1) is 15.9. The van der Waals surface area contributed by atoms with Crippen molar-refractivity contribution in [2.75, 3.05) is 18.8 Å². The van der Waals surface area contributed by atoms with Crippen LogP contribution in [0.3, 0.4) is 0 Å². The Kier molecular flexibility index (Phi) is 6.31. The quantitative estimate of drug-likeness (QED) is 0.383. The van der Waals surface area contributed by atoms with Crippen molar-refractivity contribution in [2.45, 2.75) is 51.1 Å². The van der Waals surface area contributed by atoms with Crippen LogP contribution in [-0.4, -0.2) is 39.2 Å². The van der Waals surface area contributed by atoms with E-state index in [1.807, 2.05) is 4.90 Å². The number of fused-ring (bicyclic) bond motifs is 3. The fourth-order valence-electron chi connectivity index (χ4n) is 5.21. The average molecular weight is 486 g/mol. The first-order valence-electron chi connectivity index (χ1n) is 11.6. The van der Waals surface area contributed by atoms with Gasteiger partial charge in [-0.25, -0.2) is 9.37 Å². The summed E-state index contributed by atoms with van der Waals surface area (Å²) in [6.07, 6.45) is 5.12. The predicted octanol–water partition coefficient (Wildman–Crippen LogP) is 5.06. The van der Waals surface area contributed by atoms with Crippen molar-refractivity contribution >= 4 is 39.2 Å². The van der Waals surface area contributed by atoms with Gasteiger partial charge in [0, 0.05) is 18.0 Å². The van der Waals surface area contributed by atoms with Crippen LogP contribution in [0.1, 0.15) is 43.6 Å². The second-order valence-electron chi connectivity index (χ2n) is 9.41. The number of thiophene rings is 1. The van der Waals surface area contributed by atoms with E-state index in [0.717, 1.165) is 50.8 Å². The third-order valence-corrected chi connectivity index (χ3v) is 8.71. The summed E-state index contributed by atoms with van der Waals surface area (Å²) in [4.78, 5) is 35.4. The first-order valence-corrected chi connectivity index (χ1v) is 13.5. The lowest BCUT2D eigenvalue weighted by Crippen LogP contribution is -2.43. The fraction of sp³-hybridized carbons (Fsp3) is 0.480. The lowest BCUT2D eigenvalue weighted by molar-refractivity contribution is -0.130. The molecule has 0 saturated carbocycles. The van der Waals surface area contributed by atoms with E-state index in [1.54, 1.807) is 29.5 Å². The van der Waals surface area contributed by atoms with Crippen molar-refractivity contribution in [1.29, 1.82) is 0 Å². The Bertz CT molecular complexity index is 1260. The summed E-state index contributed by atoms with van der Waals surface area (Å²) in [5.41, 5.74) is 1.02. The van der Waals surface area contributed by atoms with Crippen molar-refractivity contribution in [3.8, 4) is 5.69 Å². The maximum Gasteiger partial charge on any atom is 0.267 e. The Morgan fingerprint density at radius 3 is 2.67 bits per heavy atom. The third kappa shape index (κ3) is 4.35. The lowest BCUT2D eigenvalue weighted by atomic mass is 9.92. The summed E-state index contributed by atoms with van der Waals surface area (Å²) < 4.78 is 16.2. The SMILES string of the molecule is CC1CC(C)CN(C(=O)CSc2nc3sc4c(c3c(=O)n2-c2ccccc2F)CCCC4)C1. The van der Waals surface area contributed by atoms with Gasteiger partial charge in [0.2, 0.25) is 5.91 Å². The highest BCUT2D eigenvalue weighted by atomic mass is 32.2. The number of likely N-dealkylation sites (tertiary alicyclic amines) is 1. The monoisotopic (exact) mass is 485 g/mol. The molecule has 1 aromatic carbocycles. The van der Waals surface area contributed by atoms with Crippen LogP contribution in [0, 0.1) is 17.7 Å². The van der Waals surface area contributed by atoms with Crippen LogP contribution >= 0.6 is 23.1 Å². The number of thioether (sulfide) groups is 1. The van der Waals surface area contributed by atoms with Crippen molar-refractivity contribution in [3.05, 3.63) is 50.9 Å². The van der Waals surface area contributed by atoms with E-state index in [4.69, 9.17) is 4.98 Å². The summed E-state index contributed by atoms with van der Waals surface area (Å²) in [7, 11) is 0. The van der Waals surface area contributed by atoms with Crippen molar-refractivity contribution in [1.82, 2.24) is 14.5 Å². The standard InChI is InChI=1S/C25H28FN3O2S2/c1-15-11-16(2)13-28(12-15)21(30)14-32-25-27-23-22(17-7-3-6-10-20(17)33-23)24(31)29(25)19-9-5-4-8-18(19)26/h4-5,8-9,15-16H,3,6-7,10-14H2,1-2H3. The third-order valence-electron chi connectivity index (χ3n) is 6.60. The van der Waals surface area contributed by atoms with Gasteiger partial charge in [0.1, 0.15) is 10.6 Å². The number of carbonyl (C=O) groups excluding carboxylic acids is 1. The number of carbonyl (C=O) groups is 1. The van der Waals surface area contributed by atoms with Gasteiger partial charge >= 0.3 is 0 Å². The fourth-order valence-corrected chi connectivity index (χ4v) is 7.42. The van der Waals surface area contributed by atoms with Gasteiger partial charge < -0.3 is 4.90 Å². The van der Waals surface area contributed by atoms with Crippen LogP contribution in [0.25, 0.3) is 15.9 Å². The van der Waals surface area contributed by atoms with Crippen LogP contribution in [-0.2, 0) is 17.6 Å². The second kappa shape index (κ2) is 9.22. The highest BCUT2D eigenvalue weighted by Gasteiger charge is 2.27. The highest BCUT2D eigenvalue weighted by Crippen LogP contribution is 2.35. The van der Waals surface area contributed by atoms with E-state index in [2.05, 4.69) is 13.8 Å². The molecule has 1 saturated heterocycles. The van der Waals surface area contributed by atoms with Crippen molar-refractivity contribution in [2.24, 2.45) is 11.8 Å². The van der Waals surface area contributed by atoms with Crippen LogP contribution in [0.4, 0.5) is 4.39 Å². The normalized spacial score (nSPS) is 20.8. The predicted molar refractivity (Wildman–Crippen MR) is 132 cm³/mol. The van der Waals surface area contributed by atoms with Crippen molar-refractivity contribution in [3.63, 3.8) is 0 Å². The first kappa shape index (κ1) is 22.6. The summed E-state index contributed by atoms with van der Waals surface area (Å²) in [5.74, 6) is 0.698. The number of para-hydroxylation sites is 1. The minimum atomic E-state index is -0.475. The molecule has 3 aromatic rings. The zero-order chi connectivity index (χ0) is 23.1. The largest absolute Gasteiger partial charge is 0.341 e. The minimum Gasteiger partial charge on any atom is -0.341 e. The Hall–Kier alpha value is -2.19. The molecular weight excluding hydrogens is 457 g/mol. The minimum absolute atomic E-state index is 0.0401. The number of rotatable bonds is 4. The van der Waals surface area contributed by atoms with Crippen LogP contribution in [0.15, 0.2) is 34.2 Å². The van der Waals surface area contributed by atoms with Crippen LogP contribution in [0.2, 0.25) is 0 Å². The molecule has 5 nitrogen and oxygen atoms in total. The molecule has 5 rings (SSSR count). The van der Waals surface area contributed by atoms with Crippen molar-refractivity contribution < 1.29 is 9.18 Å². The molecule has 2 aliphatic rings. The molecule has 0 N–H and O–H groups in total. The number of hydrogen-bond acceptors (Lipinski definition) is 5. The van der Waals surface area contributed by atoms with Gasteiger partial charge in [-0.2, -0.15) is 0 Å². The maximum absolute atomic E-state index is 14.8. The van der Waals surface area contributed by atoms with E-state index < -0.39 is 5.82 Å². The smallest absolute Gasteiger partial charge is 0.267 e. The molecular formula is C25H28FN3O2S2. The highest BCUT2D eigenvalue weighted by molar-refractivity contribution is 7.99. The topological polar surface area (TPSA) is 55.2 Å². The molecule has 0 spiro atoms. The van der Waals surface area contributed by atoms with Crippen LogP contribution < -0.4 is 5.56 Å². The maximum atomic E-state index is 14.8. The van der Waals surface area contributed by atoms with Gasteiger partial charge in [-0.05, 0) is 61.6 Å². The van der Waals surface area contributed by atoms with Gasteiger partial charge in [0.05, 0.1) is 16.8 Å². The lowest BCUT2D eigenvalue weighted by Gasteiger charge is -2.35. The molecule has 2 atom stereocenters. The zero-order valence-corrected chi connectivity index (χ0v) is 20.6. The van der Waals surface area contributed by atoms with E-state index in [9.17, 15) is 14.0 Å². The summed E-state index contributed by atoms with van der Waals surface area (Å²) in [6, 6.07) is 6.28. The second-order valence-corrected chi connectivity index (χ2v) is 11.4. The van der Waals surface area contributed by atoms with E-state index in [-0.39, 0.29) is 22.9 Å². The molecule has 8 heteroatoms. The number of benzene rings is 1. The van der Waals surface area contributed by atoms with Gasteiger partial charge in [-0.15, -0.1) is 11.3 Å². The molecule has 1 aliphatic carbocycles. The Balaban J connectivity index is 1.55. The molecule has 0 bridgehead atoms. The molecule has 3 heterocycles. The molecule has 2 aromatic heterocycles. The number of aromatic nitrogens is 2. The molecule has 0 radical (unpaired) electrons. The van der Waals surface area contributed by atoms with Gasteiger partial charge in [-0.3, -0.25) is 14.2 Å². The number of aryl methyl sites for hydroxylation is 2. The number of halogens is 1. The molecule has 33 heavy (non-hydrogen) atoms. The number of piperidine rings is 1. The number of hydrogen-bond donors (Lipinski definition) is 0. The Morgan fingerprint density at radius 1 is 1.18 bits per heavy atom. The molecule has 1 aliphatic heterocycles. The number of amides is 1. The van der Waals surface area contributed by atoms with Gasteiger partial charge in [-0.1, -0.05) is 37.7 Å². The molecule has 2 unspecified atom stereocenters. The molecule has 1 fully saturated rings. The summed E-state index contributed by atoms with van der Waals surface area (Å²) in [6.45, 7) is 5.86. The summed E-state index contributed by atoms with van der Waals surface area (Å²) in [5, 5.41) is 0.995. The van der Waals surface area contributed by atoms with Crippen LogP contribution in [0.5, 0.6) is 0 Å². The summed E-state index contributed by atoms with van der Waals surface area (Å²) >= 11 is 2.80.